The lowest BCUT2D eigenvalue weighted by Gasteiger charge is -2.00. The molecule has 0 aliphatic carbocycles. The molecule has 0 aliphatic heterocycles. The molecule has 0 aliphatic rings. The zero-order chi connectivity index (χ0) is 15.6. The molecule has 0 spiro atoms. The van der Waals surface area contributed by atoms with Gasteiger partial charge in [0.1, 0.15) is 11.4 Å². The summed E-state index contributed by atoms with van der Waals surface area (Å²) in [6.45, 7) is 0. The van der Waals surface area contributed by atoms with Gasteiger partial charge in [-0.3, -0.25) is 4.79 Å². The third kappa shape index (κ3) is 2.34. The lowest BCUT2D eigenvalue weighted by molar-refractivity contribution is 0.0909. The van der Waals surface area contributed by atoms with Crippen LogP contribution < -0.4 is 0 Å². The molecule has 0 fully saturated rings. The number of benzene rings is 1. The van der Waals surface area contributed by atoms with Gasteiger partial charge >= 0.3 is 5.91 Å². The molecule has 0 amide bonds. The zero-order valence-corrected chi connectivity index (χ0v) is 11.8. The van der Waals surface area contributed by atoms with Gasteiger partial charge in [-0.15, -0.1) is 0 Å². The second-order valence-corrected chi connectivity index (χ2v) is 4.75. The molecule has 4 rings (SSSR count). The number of aromatic nitrogens is 4. The molecule has 112 valence electrons. The molecule has 0 radical (unpaired) electrons. The van der Waals surface area contributed by atoms with E-state index in [0.29, 0.717) is 17.1 Å². The van der Waals surface area contributed by atoms with E-state index in [1.54, 1.807) is 12.1 Å². The van der Waals surface area contributed by atoms with E-state index in [-0.39, 0.29) is 5.76 Å². The number of rotatable bonds is 3. The van der Waals surface area contributed by atoms with Crippen LogP contribution in [0, 0.1) is 0 Å². The van der Waals surface area contributed by atoms with Crippen LogP contribution in [-0.2, 0) is 0 Å². The fourth-order valence-electron chi connectivity index (χ4n) is 2.22. The Labute approximate surface area is 130 Å². The molecular formula is C16H10N4O3. The molecule has 4 aromatic rings. The SMILES string of the molecule is O=C(c1ccno1)n1nccc1-c1cc(-c2ccccc2)no1. The molecule has 0 saturated carbocycles. The Morgan fingerprint density at radius 1 is 1.00 bits per heavy atom. The fraction of sp³-hybridized carbons (Fsp3) is 0. The molecule has 0 bridgehead atoms. The van der Waals surface area contributed by atoms with Crippen LogP contribution in [0.1, 0.15) is 10.6 Å². The summed E-state index contributed by atoms with van der Waals surface area (Å²) in [5.41, 5.74) is 2.09. The zero-order valence-electron chi connectivity index (χ0n) is 11.8. The first kappa shape index (κ1) is 13.2. The highest BCUT2D eigenvalue weighted by molar-refractivity contribution is 5.94. The summed E-state index contributed by atoms with van der Waals surface area (Å²) < 4.78 is 11.4. The minimum Gasteiger partial charge on any atom is -0.354 e. The quantitative estimate of drug-likeness (QED) is 0.578. The van der Waals surface area contributed by atoms with Crippen molar-refractivity contribution < 1.29 is 13.8 Å². The molecule has 1 aromatic carbocycles. The minimum absolute atomic E-state index is 0.0951. The summed E-state index contributed by atoms with van der Waals surface area (Å²) in [7, 11) is 0. The largest absolute Gasteiger partial charge is 0.354 e. The van der Waals surface area contributed by atoms with Crippen molar-refractivity contribution in [2.45, 2.75) is 0 Å². The van der Waals surface area contributed by atoms with Crippen LogP contribution in [0.2, 0.25) is 0 Å². The highest BCUT2D eigenvalue weighted by Crippen LogP contribution is 2.26. The summed E-state index contributed by atoms with van der Waals surface area (Å²) in [5.74, 6) is 0.104. The Morgan fingerprint density at radius 2 is 1.87 bits per heavy atom. The lowest BCUT2D eigenvalue weighted by Crippen LogP contribution is -2.13. The first-order valence-corrected chi connectivity index (χ1v) is 6.85. The lowest BCUT2D eigenvalue weighted by atomic mass is 10.1. The van der Waals surface area contributed by atoms with Crippen LogP contribution in [-0.4, -0.2) is 26.0 Å². The Morgan fingerprint density at radius 3 is 2.65 bits per heavy atom. The summed E-state index contributed by atoms with van der Waals surface area (Å²) in [6, 6.07) is 14.5. The number of carbonyl (C=O) groups is 1. The van der Waals surface area contributed by atoms with Crippen molar-refractivity contribution in [3.63, 3.8) is 0 Å². The van der Waals surface area contributed by atoms with E-state index in [2.05, 4.69) is 15.4 Å². The van der Waals surface area contributed by atoms with Gasteiger partial charge in [-0.1, -0.05) is 40.6 Å². The van der Waals surface area contributed by atoms with Gasteiger partial charge in [0.15, 0.2) is 5.76 Å². The normalized spacial score (nSPS) is 10.8. The summed E-state index contributed by atoms with van der Waals surface area (Å²) in [6.07, 6.45) is 2.91. The van der Waals surface area contributed by atoms with Gasteiger partial charge in [-0.25, -0.2) is 0 Å². The molecule has 3 heterocycles. The molecule has 23 heavy (non-hydrogen) atoms. The third-order valence-corrected chi connectivity index (χ3v) is 3.32. The standard InChI is InChI=1S/C16H10N4O3/c21-16(14-7-9-18-22-14)20-13(6-8-17-20)15-10-12(19-23-15)11-4-2-1-3-5-11/h1-10H. The number of nitrogens with zero attached hydrogens (tertiary/aromatic N) is 4. The summed E-state index contributed by atoms with van der Waals surface area (Å²) in [5, 5.41) is 11.6. The van der Waals surface area contributed by atoms with E-state index in [9.17, 15) is 4.79 Å². The van der Waals surface area contributed by atoms with E-state index in [0.717, 1.165) is 5.56 Å². The van der Waals surface area contributed by atoms with Crippen molar-refractivity contribution in [2.75, 3.05) is 0 Å². The Balaban J connectivity index is 1.72. The van der Waals surface area contributed by atoms with E-state index in [4.69, 9.17) is 9.05 Å². The van der Waals surface area contributed by atoms with Crippen LogP contribution in [0.3, 0.4) is 0 Å². The smallest absolute Gasteiger partial charge is 0.317 e. The monoisotopic (exact) mass is 306 g/mol. The second kappa shape index (κ2) is 5.38. The number of hydrogen-bond acceptors (Lipinski definition) is 6. The molecular weight excluding hydrogens is 296 g/mol. The van der Waals surface area contributed by atoms with Gasteiger partial charge in [-0.05, 0) is 6.07 Å². The van der Waals surface area contributed by atoms with Crippen LogP contribution in [0.25, 0.3) is 22.7 Å². The van der Waals surface area contributed by atoms with Crippen molar-refractivity contribution in [3.05, 3.63) is 66.7 Å². The maximum absolute atomic E-state index is 12.3. The molecule has 0 saturated heterocycles. The predicted molar refractivity (Wildman–Crippen MR) is 79.4 cm³/mol. The molecule has 0 atom stereocenters. The maximum Gasteiger partial charge on any atom is 0.317 e. The van der Waals surface area contributed by atoms with Gasteiger partial charge in [0, 0.05) is 17.7 Å². The Kier molecular flexibility index (Phi) is 3.09. The second-order valence-electron chi connectivity index (χ2n) is 4.75. The topological polar surface area (TPSA) is 87.0 Å². The molecule has 3 aromatic heterocycles. The fourth-order valence-corrected chi connectivity index (χ4v) is 2.22. The highest BCUT2D eigenvalue weighted by atomic mass is 16.5. The van der Waals surface area contributed by atoms with Gasteiger partial charge in [-0.2, -0.15) is 9.78 Å². The third-order valence-electron chi connectivity index (χ3n) is 3.32. The van der Waals surface area contributed by atoms with E-state index in [1.807, 2.05) is 30.3 Å². The van der Waals surface area contributed by atoms with Crippen LogP contribution >= 0.6 is 0 Å². The van der Waals surface area contributed by atoms with Gasteiger partial charge in [0.05, 0.1) is 12.4 Å². The van der Waals surface area contributed by atoms with Crippen LogP contribution in [0.4, 0.5) is 0 Å². The van der Waals surface area contributed by atoms with Crippen molar-refractivity contribution in [1.82, 2.24) is 20.1 Å². The molecule has 7 nitrogen and oxygen atoms in total. The summed E-state index contributed by atoms with van der Waals surface area (Å²) in [4.78, 5) is 12.3. The maximum atomic E-state index is 12.3. The van der Waals surface area contributed by atoms with Crippen molar-refractivity contribution in [1.29, 1.82) is 0 Å². The average Bonchev–Trinajstić information content (AvgIpc) is 3.35. The minimum atomic E-state index is -0.430. The molecule has 7 heteroatoms. The van der Waals surface area contributed by atoms with E-state index in [1.165, 1.54) is 23.1 Å². The summed E-state index contributed by atoms with van der Waals surface area (Å²) >= 11 is 0. The molecule has 0 N–H and O–H groups in total. The first-order valence-electron chi connectivity index (χ1n) is 6.85. The number of carbonyl (C=O) groups excluding carboxylic acids is 1. The average molecular weight is 306 g/mol. The Bertz CT molecular complexity index is 939. The number of hydrogen-bond donors (Lipinski definition) is 0. The highest BCUT2D eigenvalue weighted by Gasteiger charge is 2.20. The van der Waals surface area contributed by atoms with Gasteiger partial charge < -0.3 is 9.05 Å². The first-order chi connectivity index (χ1) is 11.3. The predicted octanol–water partition coefficient (Wildman–Crippen LogP) is 2.88. The molecule has 0 unspecified atom stereocenters. The van der Waals surface area contributed by atoms with Crippen molar-refractivity contribution in [2.24, 2.45) is 0 Å². The van der Waals surface area contributed by atoms with E-state index >= 15 is 0 Å². The van der Waals surface area contributed by atoms with Crippen LogP contribution in [0.5, 0.6) is 0 Å². The van der Waals surface area contributed by atoms with Crippen molar-refractivity contribution in [3.8, 4) is 22.7 Å². The van der Waals surface area contributed by atoms with Gasteiger partial charge in [0.25, 0.3) is 0 Å². The Hall–Kier alpha value is -3.48. The van der Waals surface area contributed by atoms with Gasteiger partial charge in [0.2, 0.25) is 5.76 Å². The van der Waals surface area contributed by atoms with Crippen molar-refractivity contribution >= 4 is 5.91 Å². The van der Waals surface area contributed by atoms with Crippen LogP contribution in [0.15, 0.2) is 70.0 Å². The van der Waals surface area contributed by atoms with E-state index < -0.39 is 5.91 Å².